The van der Waals surface area contributed by atoms with Crippen molar-refractivity contribution in [1.82, 2.24) is 15.0 Å². The predicted molar refractivity (Wildman–Crippen MR) is 92.2 cm³/mol. The minimum absolute atomic E-state index is 0.156. The highest BCUT2D eigenvalue weighted by molar-refractivity contribution is 7.13. The van der Waals surface area contributed by atoms with Gasteiger partial charge >= 0.3 is 0 Å². The van der Waals surface area contributed by atoms with Gasteiger partial charge in [0.25, 0.3) is 5.91 Å². The zero-order valence-electron chi connectivity index (χ0n) is 13.7. The van der Waals surface area contributed by atoms with Gasteiger partial charge in [0, 0.05) is 13.1 Å². The summed E-state index contributed by atoms with van der Waals surface area (Å²) in [4.78, 5) is 28.2. The SMILES string of the molecule is Cc1nc(C)c(C(=O)Nc2cnc(N3CCC(C)CC3)nc2)s1. The molecule has 6 nitrogen and oxygen atoms in total. The van der Waals surface area contributed by atoms with Crippen LogP contribution < -0.4 is 10.2 Å². The summed E-state index contributed by atoms with van der Waals surface area (Å²) >= 11 is 1.40. The number of aromatic nitrogens is 3. The number of anilines is 2. The highest BCUT2D eigenvalue weighted by Gasteiger charge is 2.18. The van der Waals surface area contributed by atoms with Gasteiger partial charge in [-0.2, -0.15) is 0 Å². The van der Waals surface area contributed by atoms with Crippen LogP contribution in [-0.2, 0) is 0 Å². The summed E-state index contributed by atoms with van der Waals surface area (Å²) in [7, 11) is 0. The second-order valence-electron chi connectivity index (χ2n) is 6.04. The zero-order chi connectivity index (χ0) is 16.4. The summed E-state index contributed by atoms with van der Waals surface area (Å²) in [6.45, 7) is 8.00. The molecule has 1 fully saturated rings. The zero-order valence-corrected chi connectivity index (χ0v) is 14.5. The molecule has 0 saturated carbocycles. The van der Waals surface area contributed by atoms with Crippen molar-refractivity contribution < 1.29 is 4.79 Å². The fraction of sp³-hybridized carbons (Fsp3) is 0.500. The van der Waals surface area contributed by atoms with E-state index in [1.807, 2.05) is 13.8 Å². The number of aryl methyl sites for hydroxylation is 2. The quantitative estimate of drug-likeness (QED) is 0.936. The Morgan fingerprint density at radius 3 is 2.48 bits per heavy atom. The molecule has 0 aliphatic carbocycles. The number of thiazole rings is 1. The van der Waals surface area contributed by atoms with Crippen LogP contribution in [0.25, 0.3) is 0 Å². The first-order valence-corrected chi connectivity index (χ1v) is 8.67. The van der Waals surface area contributed by atoms with E-state index in [2.05, 4.69) is 32.1 Å². The Bertz CT molecular complexity index is 689. The smallest absolute Gasteiger partial charge is 0.267 e. The molecule has 3 heterocycles. The highest BCUT2D eigenvalue weighted by Crippen LogP contribution is 2.21. The Balaban J connectivity index is 1.65. The van der Waals surface area contributed by atoms with Crippen LogP contribution in [-0.4, -0.2) is 33.9 Å². The number of rotatable bonds is 3. The van der Waals surface area contributed by atoms with Gasteiger partial charge in [0.05, 0.1) is 28.8 Å². The van der Waals surface area contributed by atoms with Gasteiger partial charge in [-0.25, -0.2) is 15.0 Å². The maximum Gasteiger partial charge on any atom is 0.267 e. The molecule has 1 N–H and O–H groups in total. The van der Waals surface area contributed by atoms with Crippen LogP contribution in [0.1, 0.15) is 40.1 Å². The van der Waals surface area contributed by atoms with Crippen LogP contribution in [0.3, 0.4) is 0 Å². The molecule has 1 aliphatic rings. The first-order chi connectivity index (χ1) is 11.0. The number of nitrogens with zero attached hydrogens (tertiary/aromatic N) is 4. The monoisotopic (exact) mass is 331 g/mol. The van der Waals surface area contributed by atoms with Crippen LogP contribution in [0.4, 0.5) is 11.6 Å². The standard InChI is InChI=1S/C16H21N5OS/c1-10-4-6-21(7-5-10)16-17-8-13(9-18-16)20-15(22)14-11(2)19-12(3)23-14/h8-10H,4-7H2,1-3H3,(H,20,22). The molecule has 23 heavy (non-hydrogen) atoms. The third kappa shape index (κ3) is 3.67. The second-order valence-corrected chi connectivity index (χ2v) is 7.25. The van der Waals surface area contributed by atoms with E-state index in [0.717, 1.165) is 35.7 Å². The van der Waals surface area contributed by atoms with E-state index in [0.29, 0.717) is 10.6 Å². The van der Waals surface area contributed by atoms with Crippen molar-refractivity contribution in [3.63, 3.8) is 0 Å². The topological polar surface area (TPSA) is 71.0 Å². The second kappa shape index (κ2) is 6.62. The molecule has 1 aliphatic heterocycles. The third-order valence-electron chi connectivity index (χ3n) is 4.07. The van der Waals surface area contributed by atoms with Crippen molar-refractivity contribution in [3.8, 4) is 0 Å². The van der Waals surface area contributed by atoms with Crippen LogP contribution in [0.15, 0.2) is 12.4 Å². The van der Waals surface area contributed by atoms with Gasteiger partial charge in [0.15, 0.2) is 0 Å². The number of carbonyl (C=O) groups excluding carboxylic acids is 1. The molecule has 2 aromatic rings. The Hall–Kier alpha value is -2.02. The lowest BCUT2D eigenvalue weighted by atomic mass is 10.00. The molecule has 0 unspecified atom stereocenters. The van der Waals surface area contributed by atoms with Crippen molar-refractivity contribution in [2.75, 3.05) is 23.3 Å². The molecule has 2 aromatic heterocycles. The summed E-state index contributed by atoms with van der Waals surface area (Å²) in [5.74, 6) is 1.35. The molecule has 7 heteroatoms. The molecule has 3 rings (SSSR count). The molecule has 1 amide bonds. The van der Waals surface area contributed by atoms with E-state index >= 15 is 0 Å². The van der Waals surface area contributed by atoms with Crippen LogP contribution in [0.5, 0.6) is 0 Å². The van der Waals surface area contributed by atoms with Gasteiger partial charge in [-0.1, -0.05) is 6.92 Å². The molecular weight excluding hydrogens is 310 g/mol. The van der Waals surface area contributed by atoms with Crippen molar-refractivity contribution in [1.29, 1.82) is 0 Å². The van der Waals surface area contributed by atoms with E-state index in [4.69, 9.17) is 0 Å². The minimum Gasteiger partial charge on any atom is -0.341 e. The maximum absolute atomic E-state index is 12.3. The van der Waals surface area contributed by atoms with Crippen molar-refractivity contribution >= 4 is 28.9 Å². The number of carbonyl (C=O) groups is 1. The van der Waals surface area contributed by atoms with Gasteiger partial charge < -0.3 is 10.2 Å². The molecule has 0 aromatic carbocycles. The van der Waals surface area contributed by atoms with E-state index in [1.54, 1.807) is 12.4 Å². The van der Waals surface area contributed by atoms with Crippen molar-refractivity contribution in [2.24, 2.45) is 5.92 Å². The van der Waals surface area contributed by atoms with E-state index < -0.39 is 0 Å². The van der Waals surface area contributed by atoms with Gasteiger partial charge in [0.1, 0.15) is 4.88 Å². The maximum atomic E-state index is 12.3. The number of piperidine rings is 1. The van der Waals surface area contributed by atoms with Gasteiger partial charge in [-0.15, -0.1) is 11.3 Å². The lowest BCUT2D eigenvalue weighted by Crippen LogP contribution is -2.34. The molecule has 0 atom stereocenters. The van der Waals surface area contributed by atoms with Crippen LogP contribution >= 0.6 is 11.3 Å². The number of hydrogen-bond donors (Lipinski definition) is 1. The Labute approximate surface area is 140 Å². The first kappa shape index (κ1) is 15.9. The number of amides is 1. The third-order valence-corrected chi connectivity index (χ3v) is 5.14. The lowest BCUT2D eigenvalue weighted by molar-refractivity contribution is 0.102. The number of nitrogens with one attached hydrogen (secondary N) is 1. The van der Waals surface area contributed by atoms with Gasteiger partial charge in [0.2, 0.25) is 5.95 Å². The first-order valence-electron chi connectivity index (χ1n) is 7.85. The highest BCUT2D eigenvalue weighted by atomic mass is 32.1. The molecule has 0 spiro atoms. The van der Waals surface area contributed by atoms with Crippen molar-refractivity contribution in [3.05, 3.63) is 28.0 Å². The van der Waals surface area contributed by atoms with E-state index in [1.165, 1.54) is 24.2 Å². The molecule has 1 saturated heterocycles. The van der Waals surface area contributed by atoms with Crippen LogP contribution in [0.2, 0.25) is 0 Å². The summed E-state index contributed by atoms with van der Waals surface area (Å²) in [5, 5.41) is 3.73. The normalized spacial score (nSPS) is 15.7. The lowest BCUT2D eigenvalue weighted by Gasteiger charge is -2.30. The van der Waals surface area contributed by atoms with Crippen LogP contribution in [0, 0.1) is 19.8 Å². The molecule has 0 radical (unpaired) electrons. The van der Waals surface area contributed by atoms with Gasteiger partial charge in [-0.05, 0) is 32.6 Å². The largest absolute Gasteiger partial charge is 0.341 e. The summed E-state index contributed by atoms with van der Waals surface area (Å²) in [6, 6.07) is 0. The van der Waals surface area contributed by atoms with Gasteiger partial charge in [-0.3, -0.25) is 4.79 Å². The fourth-order valence-electron chi connectivity index (χ4n) is 2.69. The van der Waals surface area contributed by atoms with E-state index in [9.17, 15) is 4.79 Å². The van der Waals surface area contributed by atoms with Crippen molar-refractivity contribution in [2.45, 2.75) is 33.6 Å². The number of hydrogen-bond acceptors (Lipinski definition) is 6. The average Bonchev–Trinajstić information content (AvgIpc) is 2.88. The fourth-order valence-corrected chi connectivity index (χ4v) is 3.50. The Morgan fingerprint density at radius 2 is 1.91 bits per heavy atom. The predicted octanol–water partition coefficient (Wildman–Crippen LogP) is 3.04. The molecular formula is C16H21N5OS. The molecule has 122 valence electrons. The Morgan fingerprint density at radius 1 is 1.26 bits per heavy atom. The average molecular weight is 331 g/mol. The molecule has 0 bridgehead atoms. The van der Waals surface area contributed by atoms with E-state index in [-0.39, 0.29) is 5.91 Å². The minimum atomic E-state index is -0.156. The summed E-state index contributed by atoms with van der Waals surface area (Å²) in [5.41, 5.74) is 1.36. The summed E-state index contributed by atoms with van der Waals surface area (Å²) < 4.78 is 0. The summed E-state index contributed by atoms with van der Waals surface area (Å²) in [6.07, 6.45) is 5.68. The Kier molecular flexibility index (Phi) is 4.56.